The number of ether oxygens (including phenoxy) is 2. The molecule has 0 bridgehead atoms. The Balaban J connectivity index is 2.38. The number of unbranched alkanes of at least 4 members (excludes halogenated alkanes) is 5. The van der Waals surface area contributed by atoms with Gasteiger partial charge in [0.05, 0.1) is 20.3 Å². The highest BCUT2D eigenvalue weighted by atomic mass is 16.5. The molecule has 0 spiro atoms. The lowest BCUT2D eigenvalue weighted by Crippen LogP contribution is -2.45. The van der Waals surface area contributed by atoms with Crippen molar-refractivity contribution in [3.05, 3.63) is 23.8 Å². The zero-order valence-corrected chi connectivity index (χ0v) is 20.2. The molecule has 174 valence electrons. The largest absolute Gasteiger partial charge is 0.493 e. The van der Waals surface area contributed by atoms with Crippen molar-refractivity contribution < 1.29 is 14.6 Å². The van der Waals surface area contributed by atoms with Gasteiger partial charge in [0.2, 0.25) is 0 Å². The van der Waals surface area contributed by atoms with Crippen molar-refractivity contribution in [1.82, 2.24) is 0 Å². The van der Waals surface area contributed by atoms with Gasteiger partial charge in [-0.2, -0.15) is 0 Å². The molecule has 4 nitrogen and oxygen atoms in total. The van der Waals surface area contributed by atoms with Gasteiger partial charge in [-0.1, -0.05) is 72.3 Å². The average molecular weight is 422 g/mol. The highest BCUT2D eigenvalue weighted by Crippen LogP contribution is 2.30. The lowest BCUT2D eigenvalue weighted by atomic mass is 9.85. The molecule has 0 radical (unpaired) electrons. The summed E-state index contributed by atoms with van der Waals surface area (Å²) in [6.45, 7) is 9.61. The van der Waals surface area contributed by atoms with Crippen LogP contribution in [0.15, 0.2) is 18.2 Å². The molecular formula is C26H47NO3. The molecule has 0 unspecified atom stereocenters. The van der Waals surface area contributed by atoms with Crippen LogP contribution in [-0.4, -0.2) is 31.0 Å². The van der Waals surface area contributed by atoms with Gasteiger partial charge in [-0.15, -0.1) is 0 Å². The summed E-state index contributed by atoms with van der Waals surface area (Å²) in [4.78, 5) is 0. The molecule has 3 N–H and O–H groups in total. The number of aryl methyl sites for hydroxylation is 1. The highest BCUT2D eigenvalue weighted by Gasteiger charge is 2.25. The number of aliphatic hydroxyl groups is 1. The van der Waals surface area contributed by atoms with E-state index in [-0.39, 0.29) is 6.61 Å². The smallest absolute Gasteiger partial charge is 0.161 e. The van der Waals surface area contributed by atoms with Crippen molar-refractivity contribution in [2.45, 2.75) is 97.4 Å². The Morgan fingerprint density at radius 3 is 2.20 bits per heavy atom. The summed E-state index contributed by atoms with van der Waals surface area (Å²) in [5.41, 5.74) is 7.02. The second kappa shape index (κ2) is 14.7. The Bertz CT molecular complexity index is 573. The monoisotopic (exact) mass is 421 g/mol. The molecule has 0 aliphatic carbocycles. The van der Waals surface area contributed by atoms with Gasteiger partial charge in [0.15, 0.2) is 11.5 Å². The Morgan fingerprint density at radius 1 is 0.933 bits per heavy atom. The van der Waals surface area contributed by atoms with E-state index in [1.165, 1.54) is 38.5 Å². The Labute approximate surface area is 185 Å². The SMILES string of the molecule is COc1cc(CC[C@@](N)(CO)CC(C)C)ccc1OCCCCCCCCC(C)C. The molecule has 0 saturated heterocycles. The topological polar surface area (TPSA) is 64.7 Å². The van der Waals surface area contributed by atoms with Crippen LogP contribution >= 0.6 is 0 Å². The third kappa shape index (κ3) is 11.2. The predicted molar refractivity (Wildman–Crippen MR) is 127 cm³/mol. The molecule has 30 heavy (non-hydrogen) atoms. The predicted octanol–water partition coefficient (Wildman–Crippen LogP) is 6.13. The fourth-order valence-corrected chi connectivity index (χ4v) is 3.98. The van der Waals surface area contributed by atoms with Gasteiger partial charge < -0.3 is 20.3 Å². The van der Waals surface area contributed by atoms with Crippen LogP contribution in [0.2, 0.25) is 0 Å². The normalized spacial score (nSPS) is 13.6. The molecule has 4 heteroatoms. The van der Waals surface area contributed by atoms with Crippen LogP contribution in [0.5, 0.6) is 11.5 Å². The van der Waals surface area contributed by atoms with Gasteiger partial charge in [-0.25, -0.2) is 0 Å². The van der Waals surface area contributed by atoms with Crippen LogP contribution in [0.25, 0.3) is 0 Å². The fourth-order valence-electron chi connectivity index (χ4n) is 3.98. The van der Waals surface area contributed by atoms with E-state index in [2.05, 4.69) is 33.8 Å². The fraction of sp³-hybridized carbons (Fsp3) is 0.769. The van der Waals surface area contributed by atoms with Crippen molar-refractivity contribution in [3.8, 4) is 11.5 Å². The van der Waals surface area contributed by atoms with E-state index in [9.17, 15) is 5.11 Å². The van der Waals surface area contributed by atoms with Crippen molar-refractivity contribution in [1.29, 1.82) is 0 Å². The summed E-state index contributed by atoms with van der Waals surface area (Å²) in [6.07, 6.45) is 11.4. The Morgan fingerprint density at radius 2 is 1.60 bits per heavy atom. The number of hydrogen-bond acceptors (Lipinski definition) is 4. The molecule has 0 saturated carbocycles. The molecule has 0 amide bonds. The maximum Gasteiger partial charge on any atom is 0.161 e. The summed E-state index contributed by atoms with van der Waals surface area (Å²) in [6, 6.07) is 6.12. The van der Waals surface area contributed by atoms with Crippen molar-refractivity contribution in [2.24, 2.45) is 17.6 Å². The quantitative estimate of drug-likeness (QED) is 0.297. The van der Waals surface area contributed by atoms with Crippen LogP contribution in [0.3, 0.4) is 0 Å². The minimum Gasteiger partial charge on any atom is -0.493 e. The highest BCUT2D eigenvalue weighted by molar-refractivity contribution is 5.43. The number of methoxy groups -OCH3 is 1. The third-order valence-corrected chi connectivity index (χ3v) is 5.70. The first kappa shape index (κ1) is 26.8. The second-order valence-corrected chi connectivity index (χ2v) is 9.76. The first-order chi connectivity index (χ1) is 14.3. The first-order valence-corrected chi connectivity index (χ1v) is 12.0. The van der Waals surface area contributed by atoms with Crippen molar-refractivity contribution >= 4 is 0 Å². The molecule has 0 aliphatic rings. The maximum absolute atomic E-state index is 9.71. The van der Waals surface area contributed by atoms with Crippen molar-refractivity contribution in [2.75, 3.05) is 20.3 Å². The van der Waals surface area contributed by atoms with Crippen molar-refractivity contribution in [3.63, 3.8) is 0 Å². The van der Waals surface area contributed by atoms with Gasteiger partial charge in [0.1, 0.15) is 0 Å². The Kier molecular flexibility index (Phi) is 13.1. The van der Waals surface area contributed by atoms with E-state index >= 15 is 0 Å². The van der Waals surface area contributed by atoms with Crippen LogP contribution in [-0.2, 0) is 6.42 Å². The minimum absolute atomic E-state index is 0.0151. The minimum atomic E-state index is -0.522. The lowest BCUT2D eigenvalue weighted by Gasteiger charge is -2.29. The third-order valence-electron chi connectivity index (χ3n) is 5.70. The molecule has 1 atom stereocenters. The maximum atomic E-state index is 9.71. The van der Waals surface area contributed by atoms with E-state index in [1.807, 2.05) is 12.1 Å². The summed E-state index contributed by atoms with van der Waals surface area (Å²) in [7, 11) is 1.68. The lowest BCUT2D eigenvalue weighted by molar-refractivity contribution is 0.165. The molecule has 1 aromatic carbocycles. The molecule has 0 aromatic heterocycles. The number of rotatable bonds is 17. The van der Waals surface area contributed by atoms with Crippen LogP contribution < -0.4 is 15.2 Å². The number of aliphatic hydroxyl groups excluding tert-OH is 1. The van der Waals surface area contributed by atoms with E-state index < -0.39 is 5.54 Å². The van der Waals surface area contributed by atoms with Gasteiger partial charge in [-0.3, -0.25) is 0 Å². The molecular weight excluding hydrogens is 374 g/mol. The number of hydrogen-bond donors (Lipinski definition) is 2. The zero-order valence-electron chi connectivity index (χ0n) is 20.2. The molecule has 0 aliphatic heterocycles. The van der Waals surface area contributed by atoms with E-state index in [0.717, 1.165) is 55.3 Å². The van der Waals surface area contributed by atoms with Gasteiger partial charge in [-0.05, 0) is 55.2 Å². The molecule has 0 heterocycles. The molecule has 0 fully saturated rings. The van der Waals surface area contributed by atoms with E-state index in [1.54, 1.807) is 7.11 Å². The van der Waals surface area contributed by atoms with Gasteiger partial charge in [0.25, 0.3) is 0 Å². The van der Waals surface area contributed by atoms with Gasteiger partial charge >= 0.3 is 0 Å². The first-order valence-electron chi connectivity index (χ1n) is 12.0. The van der Waals surface area contributed by atoms with Crippen LogP contribution in [0, 0.1) is 11.8 Å². The van der Waals surface area contributed by atoms with E-state index in [0.29, 0.717) is 5.92 Å². The van der Waals surface area contributed by atoms with E-state index in [4.69, 9.17) is 15.2 Å². The molecule has 1 rings (SSSR count). The average Bonchev–Trinajstić information content (AvgIpc) is 2.70. The summed E-state index contributed by atoms with van der Waals surface area (Å²) < 4.78 is 11.5. The standard InChI is InChI=1S/C26H47NO3/c1-21(2)12-10-8-6-7-9-11-17-30-24-14-13-23(18-25(24)29-5)15-16-26(27,20-28)19-22(3)4/h13-14,18,21-22,28H,6-12,15-17,19-20,27H2,1-5H3/t26-/m0/s1. The van der Waals surface area contributed by atoms with Gasteiger partial charge in [0, 0.05) is 5.54 Å². The Hall–Kier alpha value is -1.26. The summed E-state index contributed by atoms with van der Waals surface area (Å²) >= 11 is 0. The molecule has 1 aromatic rings. The van der Waals surface area contributed by atoms with Crippen LogP contribution in [0.1, 0.15) is 91.0 Å². The number of benzene rings is 1. The van der Waals surface area contributed by atoms with Crippen LogP contribution in [0.4, 0.5) is 0 Å². The summed E-state index contributed by atoms with van der Waals surface area (Å²) in [5.74, 6) is 2.87. The second-order valence-electron chi connectivity index (χ2n) is 9.76. The number of nitrogens with two attached hydrogens (primary N) is 1. The summed E-state index contributed by atoms with van der Waals surface area (Å²) in [5, 5.41) is 9.71. The zero-order chi connectivity index (χ0) is 22.4.